The average molecular weight is 320 g/mol. The van der Waals surface area contributed by atoms with Gasteiger partial charge in [0.05, 0.1) is 5.56 Å². The molecule has 0 saturated heterocycles. The standard InChI is InChI=1S/C8H3BrF5NO2/c9-5-4(8(12,13)14)2(6(10)11)1-3(15-5)7(16)17/h1,6H,(H,16,17). The van der Waals surface area contributed by atoms with Gasteiger partial charge in [0.25, 0.3) is 6.43 Å². The van der Waals surface area contributed by atoms with Crippen LogP contribution in [0.15, 0.2) is 10.7 Å². The molecule has 1 aromatic heterocycles. The normalized spacial score (nSPS) is 11.9. The summed E-state index contributed by atoms with van der Waals surface area (Å²) in [6, 6.07) is 0.209. The molecular formula is C8H3BrF5NO2. The maximum absolute atomic E-state index is 12.5. The van der Waals surface area contributed by atoms with Crippen molar-refractivity contribution in [3.05, 3.63) is 27.5 Å². The van der Waals surface area contributed by atoms with E-state index in [1.54, 1.807) is 0 Å². The third-order valence-corrected chi connectivity index (χ3v) is 2.32. The Hall–Kier alpha value is -1.25. The molecule has 1 rings (SSSR count). The lowest BCUT2D eigenvalue weighted by Gasteiger charge is -2.14. The van der Waals surface area contributed by atoms with Gasteiger partial charge in [-0.3, -0.25) is 0 Å². The predicted molar refractivity (Wildman–Crippen MR) is 48.9 cm³/mol. The van der Waals surface area contributed by atoms with E-state index < -0.39 is 40.0 Å². The second-order valence-electron chi connectivity index (χ2n) is 2.87. The van der Waals surface area contributed by atoms with Gasteiger partial charge in [0.1, 0.15) is 10.3 Å². The lowest BCUT2D eigenvalue weighted by molar-refractivity contribution is -0.140. The molecule has 0 aromatic carbocycles. The van der Waals surface area contributed by atoms with E-state index in [1.807, 2.05) is 0 Å². The molecular weight excluding hydrogens is 317 g/mol. The summed E-state index contributed by atoms with van der Waals surface area (Å²) in [5.74, 6) is -1.69. The van der Waals surface area contributed by atoms with Crippen LogP contribution in [0.2, 0.25) is 0 Å². The summed E-state index contributed by atoms with van der Waals surface area (Å²) in [6.07, 6.45) is -8.50. The van der Waals surface area contributed by atoms with Crippen LogP contribution >= 0.6 is 15.9 Å². The van der Waals surface area contributed by atoms with Gasteiger partial charge in [-0.1, -0.05) is 0 Å². The van der Waals surface area contributed by atoms with Gasteiger partial charge in [-0.2, -0.15) is 13.2 Å². The number of alkyl halides is 5. The Labute approximate surface area is 99.4 Å². The summed E-state index contributed by atoms with van der Waals surface area (Å²) in [4.78, 5) is 13.5. The molecule has 0 saturated carbocycles. The van der Waals surface area contributed by atoms with Crippen molar-refractivity contribution in [1.29, 1.82) is 0 Å². The summed E-state index contributed by atoms with van der Waals surface area (Å²) < 4.78 is 61.3. The summed E-state index contributed by atoms with van der Waals surface area (Å²) in [5, 5.41) is 8.50. The van der Waals surface area contributed by atoms with Crippen molar-refractivity contribution in [3.8, 4) is 0 Å². The molecule has 0 aliphatic heterocycles. The Morgan fingerprint density at radius 2 is 1.94 bits per heavy atom. The molecule has 17 heavy (non-hydrogen) atoms. The van der Waals surface area contributed by atoms with Crippen molar-refractivity contribution in [2.45, 2.75) is 12.6 Å². The lowest BCUT2D eigenvalue weighted by Crippen LogP contribution is -2.14. The van der Waals surface area contributed by atoms with E-state index in [9.17, 15) is 26.7 Å². The first-order valence-corrected chi connectivity index (χ1v) is 4.73. The second kappa shape index (κ2) is 4.55. The van der Waals surface area contributed by atoms with Gasteiger partial charge in [-0.15, -0.1) is 0 Å². The van der Waals surface area contributed by atoms with Crippen LogP contribution in [0.3, 0.4) is 0 Å². The number of pyridine rings is 1. The summed E-state index contributed by atoms with van der Waals surface area (Å²) >= 11 is 2.34. The third-order valence-electron chi connectivity index (χ3n) is 1.74. The van der Waals surface area contributed by atoms with Crippen LogP contribution in [0, 0.1) is 0 Å². The molecule has 1 heterocycles. The topological polar surface area (TPSA) is 50.2 Å². The minimum atomic E-state index is -5.05. The maximum atomic E-state index is 12.5. The quantitative estimate of drug-likeness (QED) is 0.670. The van der Waals surface area contributed by atoms with Crippen LogP contribution in [0.25, 0.3) is 0 Å². The number of aromatic nitrogens is 1. The SMILES string of the molecule is O=C(O)c1cc(C(F)F)c(C(F)(F)F)c(Br)n1. The maximum Gasteiger partial charge on any atom is 0.419 e. The van der Waals surface area contributed by atoms with Crippen molar-refractivity contribution in [1.82, 2.24) is 4.98 Å². The third kappa shape index (κ3) is 2.90. The van der Waals surface area contributed by atoms with Crippen LogP contribution in [0.1, 0.15) is 28.0 Å². The molecule has 0 fully saturated rings. The molecule has 9 heteroatoms. The number of carbonyl (C=O) groups is 1. The fourth-order valence-electron chi connectivity index (χ4n) is 1.09. The highest BCUT2D eigenvalue weighted by Gasteiger charge is 2.39. The average Bonchev–Trinajstić information content (AvgIpc) is 2.13. The smallest absolute Gasteiger partial charge is 0.419 e. The molecule has 1 aromatic rings. The first-order chi connectivity index (χ1) is 7.64. The molecule has 0 unspecified atom stereocenters. The summed E-state index contributed by atoms with van der Waals surface area (Å²) in [5.41, 5.74) is -3.98. The van der Waals surface area contributed by atoms with Gasteiger partial charge in [0.2, 0.25) is 0 Å². The van der Waals surface area contributed by atoms with E-state index in [2.05, 4.69) is 20.9 Å². The van der Waals surface area contributed by atoms with E-state index in [0.29, 0.717) is 0 Å². The van der Waals surface area contributed by atoms with E-state index in [0.717, 1.165) is 0 Å². The molecule has 0 radical (unpaired) electrons. The molecule has 0 aliphatic rings. The van der Waals surface area contributed by atoms with Crippen molar-refractivity contribution in [2.75, 3.05) is 0 Å². The highest BCUT2D eigenvalue weighted by atomic mass is 79.9. The molecule has 1 N–H and O–H groups in total. The van der Waals surface area contributed by atoms with Crippen molar-refractivity contribution in [2.24, 2.45) is 0 Å². The van der Waals surface area contributed by atoms with Gasteiger partial charge in [-0.25, -0.2) is 18.6 Å². The van der Waals surface area contributed by atoms with E-state index in [4.69, 9.17) is 5.11 Å². The van der Waals surface area contributed by atoms with Crippen LogP contribution in [-0.2, 0) is 6.18 Å². The number of hydrogen-bond acceptors (Lipinski definition) is 2. The number of aromatic carboxylic acids is 1. The van der Waals surface area contributed by atoms with Crippen LogP contribution in [0.4, 0.5) is 22.0 Å². The first kappa shape index (κ1) is 13.8. The van der Waals surface area contributed by atoms with Crippen molar-refractivity contribution in [3.63, 3.8) is 0 Å². The van der Waals surface area contributed by atoms with Gasteiger partial charge < -0.3 is 5.11 Å². The zero-order valence-corrected chi connectivity index (χ0v) is 9.31. The highest BCUT2D eigenvalue weighted by Crippen LogP contribution is 2.40. The van der Waals surface area contributed by atoms with Crippen molar-refractivity contribution >= 4 is 21.9 Å². The molecule has 0 atom stereocenters. The number of halogens is 6. The highest BCUT2D eigenvalue weighted by molar-refractivity contribution is 9.10. The Balaban J connectivity index is 3.55. The van der Waals surface area contributed by atoms with Crippen molar-refractivity contribution < 1.29 is 31.9 Å². The first-order valence-electron chi connectivity index (χ1n) is 3.93. The fraction of sp³-hybridized carbons (Fsp3) is 0.250. The molecule has 0 spiro atoms. The zero-order chi connectivity index (χ0) is 13.4. The zero-order valence-electron chi connectivity index (χ0n) is 7.73. The van der Waals surface area contributed by atoms with Gasteiger partial charge in [0, 0.05) is 5.56 Å². The van der Waals surface area contributed by atoms with E-state index in [-0.39, 0.29) is 6.07 Å². The van der Waals surface area contributed by atoms with Gasteiger partial charge in [-0.05, 0) is 22.0 Å². The Bertz CT molecular complexity index is 460. The number of rotatable bonds is 2. The number of hydrogen-bond donors (Lipinski definition) is 1. The molecule has 0 amide bonds. The Morgan fingerprint density at radius 1 is 1.41 bits per heavy atom. The van der Waals surface area contributed by atoms with Crippen LogP contribution in [-0.4, -0.2) is 16.1 Å². The number of carboxylic acid groups (broad SMARTS) is 1. The molecule has 94 valence electrons. The van der Waals surface area contributed by atoms with Gasteiger partial charge >= 0.3 is 12.1 Å². The largest absolute Gasteiger partial charge is 0.477 e. The molecule has 0 aliphatic carbocycles. The Kier molecular flexibility index (Phi) is 3.70. The van der Waals surface area contributed by atoms with Gasteiger partial charge in [0.15, 0.2) is 0 Å². The molecule has 0 bridgehead atoms. The second-order valence-corrected chi connectivity index (χ2v) is 3.62. The van der Waals surface area contributed by atoms with E-state index in [1.165, 1.54) is 0 Å². The van der Waals surface area contributed by atoms with Crippen LogP contribution in [0.5, 0.6) is 0 Å². The predicted octanol–water partition coefficient (Wildman–Crippen LogP) is 3.50. The lowest BCUT2D eigenvalue weighted by atomic mass is 10.1. The molecule has 3 nitrogen and oxygen atoms in total. The number of carboxylic acids is 1. The minimum Gasteiger partial charge on any atom is -0.477 e. The number of nitrogens with zero attached hydrogens (tertiary/aromatic N) is 1. The summed E-state index contributed by atoms with van der Waals surface area (Å²) in [6.45, 7) is 0. The minimum absolute atomic E-state index is 0.209. The van der Waals surface area contributed by atoms with Crippen LogP contribution < -0.4 is 0 Å². The summed E-state index contributed by atoms with van der Waals surface area (Å²) in [7, 11) is 0. The van der Waals surface area contributed by atoms with E-state index >= 15 is 0 Å². The Morgan fingerprint density at radius 3 is 2.29 bits per heavy atom. The fourth-order valence-corrected chi connectivity index (χ4v) is 1.74. The monoisotopic (exact) mass is 319 g/mol.